The van der Waals surface area contributed by atoms with Gasteiger partial charge >= 0.3 is 12.0 Å². The predicted octanol–water partition coefficient (Wildman–Crippen LogP) is 3.13. The molecule has 5 nitrogen and oxygen atoms in total. The van der Waals surface area contributed by atoms with E-state index in [-0.39, 0.29) is 19.0 Å². The zero-order chi connectivity index (χ0) is 16.2. The average Bonchev–Trinajstić information content (AvgIpc) is 2.36. The van der Waals surface area contributed by atoms with Gasteiger partial charge < -0.3 is 10.0 Å². The summed E-state index contributed by atoms with van der Waals surface area (Å²) in [5.74, 6) is -0.907. The Morgan fingerprint density at radius 2 is 1.76 bits per heavy atom. The standard InChI is InChI=1S/C16H24N2O3/c1-12-8-6-7-9-13(12)17(5)15(21)18(16(2,3)4)11-10-14(19)20/h6-9H,10-11H2,1-5H3,(H,19,20). The van der Waals surface area contributed by atoms with E-state index >= 15 is 0 Å². The van der Waals surface area contributed by atoms with Crippen LogP contribution in [0.4, 0.5) is 10.5 Å². The van der Waals surface area contributed by atoms with Crippen molar-refractivity contribution >= 4 is 17.7 Å². The van der Waals surface area contributed by atoms with E-state index in [1.165, 1.54) is 0 Å². The van der Waals surface area contributed by atoms with Crippen molar-refractivity contribution in [2.24, 2.45) is 0 Å². The fourth-order valence-electron chi connectivity index (χ4n) is 2.15. The SMILES string of the molecule is Cc1ccccc1N(C)C(=O)N(CCC(=O)O)C(C)(C)C. The first-order valence-electron chi connectivity index (χ1n) is 6.97. The maximum atomic E-state index is 12.7. The summed E-state index contributed by atoms with van der Waals surface area (Å²) >= 11 is 0. The lowest BCUT2D eigenvalue weighted by Gasteiger charge is -2.38. The monoisotopic (exact) mass is 292 g/mol. The van der Waals surface area contributed by atoms with Gasteiger partial charge in [0.25, 0.3) is 0 Å². The number of hydrogen-bond donors (Lipinski definition) is 1. The minimum absolute atomic E-state index is 0.0649. The van der Waals surface area contributed by atoms with Crippen LogP contribution >= 0.6 is 0 Å². The fraction of sp³-hybridized carbons (Fsp3) is 0.500. The van der Waals surface area contributed by atoms with Gasteiger partial charge in [-0.05, 0) is 39.3 Å². The van der Waals surface area contributed by atoms with Crippen LogP contribution in [0, 0.1) is 6.92 Å². The lowest BCUT2D eigenvalue weighted by molar-refractivity contribution is -0.137. The molecule has 0 radical (unpaired) electrons. The van der Waals surface area contributed by atoms with Gasteiger partial charge in [-0.15, -0.1) is 0 Å². The molecule has 0 aliphatic carbocycles. The molecule has 1 aromatic carbocycles. The molecule has 1 rings (SSSR count). The number of amides is 2. The third-order valence-electron chi connectivity index (χ3n) is 3.35. The van der Waals surface area contributed by atoms with E-state index in [4.69, 9.17) is 5.11 Å². The Hall–Kier alpha value is -2.04. The van der Waals surface area contributed by atoms with Crippen LogP contribution in [0.2, 0.25) is 0 Å². The number of carboxylic acid groups (broad SMARTS) is 1. The van der Waals surface area contributed by atoms with Gasteiger partial charge in [-0.2, -0.15) is 0 Å². The number of carbonyl (C=O) groups excluding carboxylic acids is 1. The van der Waals surface area contributed by atoms with Gasteiger partial charge in [-0.1, -0.05) is 18.2 Å². The van der Waals surface area contributed by atoms with E-state index in [1.54, 1.807) is 16.8 Å². The van der Waals surface area contributed by atoms with Gasteiger partial charge in [-0.3, -0.25) is 9.69 Å². The maximum Gasteiger partial charge on any atom is 0.324 e. The zero-order valence-corrected chi connectivity index (χ0v) is 13.4. The van der Waals surface area contributed by atoms with Gasteiger partial charge in [0.2, 0.25) is 0 Å². The molecule has 116 valence electrons. The van der Waals surface area contributed by atoms with Crippen molar-refractivity contribution in [3.05, 3.63) is 29.8 Å². The Morgan fingerprint density at radius 3 is 2.24 bits per heavy atom. The predicted molar refractivity (Wildman–Crippen MR) is 83.7 cm³/mol. The van der Waals surface area contributed by atoms with Crippen LogP contribution in [0.1, 0.15) is 32.8 Å². The molecule has 0 spiro atoms. The van der Waals surface area contributed by atoms with E-state index in [2.05, 4.69) is 0 Å². The summed E-state index contributed by atoms with van der Waals surface area (Å²) in [5, 5.41) is 8.86. The Balaban J connectivity index is 3.00. The van der Waals surface area contributed by atoms with Crippen molar-refractivity contribution in [3.8, 4) is 0 Å². The molecule has 0 heterocycles. The van der Waals surface area contributed by atoms with E-state index < -0.39 is 11.5 Å². The normalized spacial score (nSPS) is 11.1. The molecular weight excluding hydrogens is 268 g/mol. The summed E-state index contributed by atoms with van der Waals surface area (Å²) < 4.78 is 0. The molecule has 2 amide bonds. The molecule has 21 heavy (non-hydrogen) atoms. The summed E-state index contributed by atoms with van der Waals surface area (Å²) in [6, 6.07) is 7.43. The highest BCUT2D eigenvalue weighted by atomic mass is 16.4. The number of hydrogen-bond acceptors (Lipinski definition) is 2. The van der Waals surface area contributed by atoms with Crippen molar-refractivity contribution in [2.75, 3.05) is 18.5 Å². The van der Waals surface area contributed by atoms with Crippen LogP contribution in [0.5, 0.6) is 0 Å². The Morgan fingerprint density at radius 1 is 1.19 bits per heavy atom. The van der Waals surface area contributed by atoms with Crippen molar-refractivity contribution in [1.29, 1.82) is 0 Å². The van der Waals surface area contributed by atoms with Gasteiger partial charge in [0.15, 0.2) is 0 Å². The summed E-state index contributed by atoms with van der Waals surface area (Å²) in [7, 11) is 1.71. The van der Waals surface area contributed by atoms with Crippen molar-refractivity contribution in [1.82, 2.24) is 4.90 Å². The molecule has 0 aliphatic heterocycles. The number of nitrogens with zero attached hydrogens (tertiary/aromatic N) is 2. The van der Waals surface area contributed by atoms with Crippen LogP contribution in [-0.2, 0) is 4.79 Å². The first kappa shape index (κ1) is 17.0. The third kappa shape index (κ3) is 4.48. The summed E-state index contributed by atoms with van der Waals surface area (Å²) in [5.41, 5.74) is 1.39. The molecule has 0 aromatic heterocycles. The van der Waals surface area contributed by atoms with Crippen LogP contribution < -0.4 is 4.90 Å². The number of rotatable bonds is 4. The minimum Gasteiger partial charge on any atom is -0.481 e. The zero-order valence-electron chi connectivity index (χ0n) is 13.4. The van der Waals surface area contributed by atoms with Gasteiger partial charge in [0, 0.05) is 24.8 Å². The number of carboxylic acids is 1. The lowest BCUT2D eigenvalue weighted by atomic mass is 10.1. The van der Waals surface area contributed by atoms with Crippen LogP contribution in [0.15, 0.2) is 24.3 Å². The van der Waals surface area contributed by atoms with E-state index in [9.17, 15) is 9.59 Å². The summed E-state index contributed by atoms with van der Waals surface area (Å²) in [6.45, 7) is 7.83. The molecule has 0 fully saturated rings. The van der Waals surface area contributed by atoms with Crippen molar-refractivity contribution in [2.45, 2.75) is 39.7 Å². The van der Waals surface area contributed by atoms with Crippen LogP contribution in [-0.4, -0.2) is 41.1 Å². The number of urea groups is 1. The number of aryl methyl sites for hydroxylation is 1. The van der Waals surface area contributed by atoms with Gasteiger partial charge in [0.1, 0.15) is 0 Å². The second-order valence-electron chi connectivity index (χ2n) is 6.09. The molecule has 5 heteroatoms. The molecular formula is C16H24N2O3. The molecule has 0 aliphatic rings. The van der Waals surface area contributed by atoms with E-state index in [0.29, 0.717) is 0 Å². The number of anilines is 1. The minimum atomic E-state index is -0.907. The molecule has 0 unspecified atom stereocenters. The molecule has 0 saturated heterocycles. The second-order valence-corrected chi connectivity index (χ2v) is 6.09. The number of benzene rings is 1. The summed E-state index contributed by atoms with van der Waals surface area (Å²) in [4.78, 5) is 26.7. The van der Waals surface area contributed by atoms with E-state index in [1.807, 2.05) is 52.0 Å². The topological polar surface area (TPSA) is 60.9 Å². The van der Waals surface area contributed by atoms with Gasteiger partial charge in [0.05, 0.1) is 6.42 Å². The Labute approximate surface area is 126 Å². The Bertz CT molecular complexity index is 520. The number of para-hydroxylation sites is 1. The number of carbonyl (C=O) groups is 2. The molecule has 0 bridgehead atoms. The highest BCUT2D eigenvalue weighted by Crippen LogP contribution is 2.22. The Kier molecular flexibility index (Phi) is 5.35. The molecule has 0 saturated carbocycles. The largest absolute Gasteiger partial charge is 0.481 e. The highest BCUT2D eigenvalue weighted by molar-refractivity contribution is 5.92. The highest BCUT2D eigenvalue weighted by Gasteiger charge is 2.29. The van der Waals surface area contributed by atoms with Crippen molar-refractivity contribution < 1.29 is 14.7 Å². The lowest BCUT2D eigenvalue weighted by Crippen LogP contribution is -2.51. The fourth-order valence-corrected chi connectivity index (χ4v) is 2.15. The molecule has 1 N–H and O–H groups in total. The number of aliphatic carboxylic acids is 1. The van der Waals surface area contributed by atoms with Crippen molar-refractivity contribution in [3.63, 3.8) is 0 Å². The second kappa shape index (κ2) is 6.61. The van der Waals surface area contributed by atoms with Gasteiger partial charge in [-0.25, -0.2) is 4.79 Å². The first-order valence-corrected chi connectivity index (χ1v) is 6.97. The van der Waals surface area contributed by atoms with E-state index in [0.717, 1.165) is 11.3 Å². The maximum absolute atomic E-state index is 12.7. The van der Waals surface area contributed by atoms with Crippen LogP contribution in [0.25, 0.3) is 0 Å². The summed E-state index contributed by atoms with van der Waals surface area (Å²) in [6.07, 6.45) is -0.0649. The van der Waals surface area contributed by atoms with Crippen LogP contribution in [0.3, 0.4) is 0 Å². The molecule has 1 aromatic rings. The third-order valence-corrected chi connectivity index (χ3v) is 3.35. The average molecular weight is 292 g/mol. The molecule has 0 atom stereocenters. The first-order chi connectivity index (χ1) is 9.64. The quantitative estimate of drug-likeness (QED) is 0.927. The smallest absolute Gasteiger partial charge is 0.324 e.